The first-order chi connectivity index (χ1) is 14.8. The van der Waals surface area contributed by atoms with E-state index < -0.39 is 15.7 Å². The van der Waals surface area contributed by atoms with Crippen LogP contribution in [0.25, 0.3) is 0 Å². The molecule has 3 aromatic rings. The summed E-state index contributed by atoms with van der Waals surface area (Å²) < 4.78 is 27.0. The molecule has 1 fully saturated rings. The normalized spacial score (nSPS) is 13.6. The number of nitrogens with one attached hydrogen (secondary N) is 2. The van der Waals surface area contributed by atoms with E-state index in [0.717, 1.165) is 18.4 Å². The van der Waals surface area contributed by atoms with E-state index >= 15 is 0 Å². The second-order valence-corrected chi connectivity index (χ2v) is 9.38. The minimum Gasteiger partial charge on any atom is -0.349 e. The van der Waals surface area contributed by atoms with Gasteiger partial charge in [0.25, 0.3) is 11.8 Å². The van der Waals surface area contributed by atoms with Crippen molar-refractivity contribution in [2.24, 2.45) is 7.05 Å². The van der Waals surface area contributed by atoms with Crippen LogP contribution in [-0.2, 0) is 16.9 Å². The van der Waals surface area contributed by atoms with Crippen molar-refractivity contribution in [1.82, 2.24) is 14.9 Å². The maximum absolute atomic E-state index is 12.9. The van der Waals surface area contributed by atoms with Gasteiger partial charge in [-0.3, -0.25) is 9.59 Å². The lowest BCUT2D eigenvalue weighted by Crippen LogP contribution is -2.25. The smallest absolute Gasteiger partial charge is 0.273 e. The van der Waals surface area contributed by atoms with Gasteiger partial charge in [0.15, 0.2) is 0 Å². The maximum atomic E-state index is 12.9. The fraction of sp³-hybridized carbons (Fsp3) is 0.227. The highest BCUT2D eigenvalue weighted by molar-refractivity contribution is 7.91. The number of anilines is 1. The third kappa shape index (κ3) is 4.22. The van der Waals surface area contributed by atoms with Crippen LogP contribution < -0.4 is 10.6 Å². The van der Waals surface area contributed by atoms with Crippen LogP contribution in [0, 0.1) is 6.92 Å². The predicted octanol–water partition coefficient (Wildman–Crippen LogP) is 2.71. The zero-order valence-corrected chi connectivity index (χ0v) is 17.9. The minimum absolute atomic E-state index is 0.0849. The van der Waals surface area contributed by atoms with Crippen molar-refractivity contribution in [3.8, 4) is 0 Å². The molecule has 0 aliphatic heterocycles. The number of amides is 2. The lowest BCUT2D eigenvalue weighted by atomic mass is 10.1. The lowest BCUT2D eigenvalue weighted by Gasteiger charge is -2.12. The summed E-state index contributed by atoms with van der Waals surface area (Å²) >= 11 is 0. The van der Waals surface area contributed by atoms with Crippen molar-refractivity contribution in [1.29, 1.82) is 0 Å². The van der Waals surface area contributed by atoms with Gasteiger partial charge in [-0.2, -0.15) is 0 Å². The minimum atomic E-state index is -3.87. The van der Waals surface area contributed by atoms with Gasteiger partial charge in [0, 0.05) is 24.3 Å². The van der Waals surface area contributed by atoms with Gasteiger partial charge < -0.3 is 15.2 Å². The Morgan fingerprint density at radius 3 is 2.45 bits per heavy atom. The molecule has 0 bridgehead atoms. The van der Waals surface area contributed by atoms with E-state index in [9.17, 15) is 18.0 Å². The fourth-order valence-corrected chi connectivity index (χ4v) is 4.52. The van der Waals surface area contributed by atoms with Crippen LogP contribution in [0.15, 0.2) is 64.8 Å². The van der Waals surface area contributed by atoms with E-state index in [1.165, 1.54) is 29.9 Å². The van der Waals surface area contributed by atoms with Gasteiger partial charge >= 0.3 is 0 Å². The predicted molar refractivity (Wildman–Crippen MR) is 115 cm³/mol. The van der Waals surface area contributed by atoms with Gasteiger partial charge in [-0.1, -0.05) is 24.3 Å². The highest BCUT2D eigenvalue weighted by Gasteiger charge is 2.27. The van der Waals surface area contributed by atoms with Gasteiger partial charge in [0.1, 0.15) is 5.69 Å². The van der Waals surface area contributed by atoms with E-state index in [1.54, 1.807) is 36.4 Å². The Kier molecular flexibility index (Phi) is 5.36. The summed E-state index contributed by atoms with van der Waals surface area (Å²) in [6.07, 6.45) is 3.19. The fourth-order valence-electron chi connectivity index (χ4n) is 3.14. The molecule has 2 aromatic carbocycles. The van der Waals surface area contributed by atoms with Crippen molar-refractivity contribution in [2.75, 3.05) is 5.32 Å². The molecule has 1 heterocycles. The third-order valence-corrected chi connectivity index (χ3v) is 6.89. The van der Waals surface area contributed by atoms with Crippen LogP contribution in [0.2, 0.25) is 0 Å². The molecule has 0 atom stereocenters. The zero-order chi connectivity index (χ0) is 22.2. The molecular formula is C22H22N4O4S. The zero-order valence-electron chi connectivity index (χ0n) is 17.1. The van der Waals surface area contributed by atoms with Crippen LogP contribution in [0.3, 0.4) is 0 Å². The van der Waals surface area contributed by atoms with Crippen LogP contribution in [0.4, 0.5) is 5.69 Å². The molecule has 8 nitrogen and oxygen atoms in total. The van der Waals surface area contributed by atoms with Crippen LogP contribution in [-0.4, -0.2) is 35.8 Å². The van der Waals surface area contributed by atoms with Gasteiger partial charge in [-0.25, -0.2) is 13.4 Å². The first kappa shape index (κ1) is 20.8. The molecule has 2 amide bonds. The molecule has 2 N–H and O–H groups in total. The molecular weight excluding hydrogens is 416 g/mol. The van der Waals surface area contributed by atoms with Gasteiger partial charge in [0.2, 0.25) is 15.0 Å². The van der Waals surface area contributed by atoms with Crippen molar-refractivity contribution in [2.45, 2.75) is 35.9 Å². The summed E-state index contributed by atoms with van der Waals surface area (Å²) in [5, 5.41) is 5.45. The molecule has 1 saturated carbocycles. The SMILES string of the molecule is Cc1ccc(C(=O)NC2CC2)cc1NC(=O)c1cnc(S(=O)(=O)c2ccccc2)n1C. The van der Waals surface area contributed by atoms with Gasteiger partial charge in [-0.15, -0.1) is 0 Å². The summed E-state index contributed by atoms with van der Waals surface area (Å²) in [4.78, 5) is 29.3. The summed E-state index contributed by atoms with van der Waals surface area (Å²) in [7, 11) is -2.39. The Balaban J connectivity index is 1.58. The third-order valence-electron chi connectivity index (χ3n) is 5.13. The second-order valence-electron chi connectivity index (χ2n) is 7.53. The number of nitrogens with zero attached hydrogens (tertiary/aromatic N) is 2. The van der Waals surface area contributed by atoms with E-state index in [4.69, 9.17) is 0 Å². The van der Waals surface area contributed by atoms with Crippen LogP contribution >= 0.6 is 0 Å². The molecule has 1 aliphatic rings. The number of aryl methyl sites for hydroxylation is 1. The first-order valence-corrected chi connectivity index (χ1v) is 11.3. The summed E-state index contributed by atoms with van der Waals surface area (Å²) in [6.45, 7) is 1.81. The number of hydrogen-bond acceptors (Lipinski definition) is 5. The molecule has 160 valence electrons. The highest BCUT2D eigenvalue weighted by atomic mass is 32.2. The molecule has 0 spiro atoms. The summed E-state index contributed by atoms with van der Waals surface area (Å²) in [6, 6.07) is 13.2. The second kappa shape index (κ2) is 7.99. The van der Waals surface area contributed by atoms with Crippen molar-refractivity contribution in [3.63, 3.8) is 0 Å². The van der Waals surface area contributed by atoms with E-state index in [0.29, 0.717) is 11.3 Å². The van der Waals surface area contributed by atoms with E-state index in [-0.39, 0.29) is 27.7 Å². The average Bonchev–Trinajstić information content (AvgIpc) is 3.48. The molecule has 0 radical (unpaired) electrons. The molecule has 0 saturated heterocycles. The molecule has 9 heteroatoms. The van der Waals surface area contributed by atoms with Crippen molar-refractivity contribution in [3.05, 3.63) is 71.5 Å². The highest BCUT2D eigenvalue weighted by Crippen LogP contribution is 2.23. The molecule has 4 rings (SSSR count). The Bertz CT molecular complexity index is 1260. The number of hydrogen-bond donors (Lipinski definition) is 2. The molecule has 31 heavy (non-hydrogen) atoms. The lowest BCUT2D eigenvalue weighted by molar-refractivity contribution is 0.0949. The topological polar surface area (TPSA) is 110 Å². The Labute approximate surface area is 180 Å². The number of carbonyl (C=O) groups excluding carboxylic acids is 2. The Hall–Kier alpha value is -3.46. The van der Waals surface area contributed by atoms with Crippen LogP contribution in [0.5, 0.6) is 0 Å². The maximum Gasteiger partial charge on any atom is 0.273 e. The summed E-state index contributed by atoms with van der Waals surface area (Å²) in [5.74, 6) is -0.706. The van der Waals surface area contributed by atoms with Gasteiger partial charge in [-0.05, 0) is 49.6 Å². The number of rotatable bonds is 6. The quantitative estimate of drug-likeness (QED) is 0.615. The van der Waals surface area contributed by atoms with E-state index in [2.05, 4.69) is 15.6 Å². The standard InChI is InChI=1S/C22H22N4O4S/c1-14-8-9-15(20(27)24-16-10-11-16)12-18(14)25-21(28)19-13-23-22(26(19)2)31(29,30)17-6-4-3-5-7-17/h3-9,12-13,16H,10-11H2,1-2H3,(H,24,27)(H,25,28). The Morgan fingerprint density at radius 2 is 1.77 bits per heavy atom. The van der Waals surface area contributed by atoms with Crippen molar-refractivity contribution < 1.29 is 18.0 Å². The van der Waals surface area contributed by atoms with Crippen molar-refractivity contribution >= 4 is 27.3 Å². The summed E-state index contributed by atoms with van der Waals surface area (Å²) in [5.41, 5.74) is 1.78. The number of aromatic nitrogens is 2. The largest absolute Gasteiger partial charge is 0.349 e. The number of carbonyl (C=O) groups is 2. The Morgan fingerprint density at radius 1 is 1.06 bits per heavy atom. The number of imidazole rings is 1. The van der Waals surface area contributed by atoms with Crippen LogP contribution in [0.1, 0.15) is 39.3 Å². The molecule has 1 aliphatic carbocycles. The van der Waals surface area contributed by atoms with Gasteiger partial charge in [0.05, 0.1) is 11.1 Å². The average molecular weight is 439 g/mol. The van der Waals surface area contributed by atoms with E-state index in [1.807, 2.05) is 6.92 Å². The first-order valence-electron chi connectivity index (χ1n) is 9.82. The number of sulfone groups is 1. The molecule has 0 unspecified atom stereocenters. The monoisotopic (exact) mass is 438 g/mol. The number of benzene rings is 2. The molecule has 1 aromatic heterocycles.